The first kappa shape index (κ1) is 25.5. The number of carbonyl (C=O) groups excluding carboxylic acids is 2. The van der Waals surface area contributed by atoms with Gasteiger partial charge >= 0.3 is 0 Å². The quantitative estimate of drug-likeness (QED) is 0.385. The highest BCUT2D eigenvalue weighted by molar-refractivity contribution is 8.27. The molecule has 3 aliphatic heterocycles. The largest absolute Gasteiger partial charge is 0.497 e. The number of amides is 2. The third kappa shape index (κ3) is 5.88. The third-order valence-electron chi connectivity index (χ3n) is 6.11. The molecule has 0 saturated carbocycles. The number of hydrazone groups is 1. The molecule has 38 heavy (non-hydrogen) atoms. The molecule has 5 rings (SSSR count). The van der Waals surface area contributed by atoms with E-state index in [4.69, 9.17) is 19.6 Å². The Morgan fingerprint density at radius 3 is 2.50 bits per heavy atom. The van der Waals surface area contributed by atoms with E-state index in [1.165, 1.54) is 16.8 Å². The van der Waals surface area contributed by atoms with Gasteiger partial charge < -0.3 is 19.1 Å². The Hall–Kier alpha value is -4.12. The summed E-state index contributed by atoms with van der Waals surface area (Å²) in [5.74, 6) is 1.52. The minimum atomic E-state index is -0.508. The molecule has 0 aliphatic carbocycles. The average Bonchev–Trinajstić information content (AvgIpc) is 3.61. The van der Waals surface area contributed by atoms with Gasteiger partial charge in [-0.05, 0) is 60.5 Å². The van der Waals surface area contributed by atoms with Crippen LogP contribution in [0.1, 0.15) is 24.8 Å². The van der Waals surface area contributed by atoms with E-state index in [-0.39, 0.29) is 23.7 Å². The van der Waals surface area contributed by atoms with E-state index in [9.17, 15) is 9.59 Å². The number of rotatable bonds is 9. The summed E-state index contributed by atoms with van der Waals surface area (Å²) in [6, 6.07) is 14.5. The summed E-state index contributed by atoms with van der Waals surface area (Å²) in [6.45, 7) is 2.25. The zero-order valence-electron chi connectivity index (χ0n) is 20.9. The van der Waals surface area contributed by atoms with E-state index in [0.29, 0.717) is 34.9 Å². The van der Waals surface area contributed by atoms with Crippen LogP contribution in [0.25, 0.3) is 6.08 Å². The van der Waals surface area contributed by atoms with Gasteiger partial charge in [0.2, 0.25) is 11.1 Å². The summed E-state index contributed by atoms with van der Waals surface area (Å²) >= 11 is 1.17. The van der Waals surface area contributed by atoms with Gasteiger partial charge in [-0.3, -0.25) is 15.0 Å². The molecule has 3 aliphatic rings. The molecule has 2 amide bonds. The minimum Gasteiger partial charge on any atom is -0.497 e. The standard InChI is InChI=1S/C27H27N5O5S/c1-35-20-5-4-6-21(16-20)37-14-13-36-19-9-7-18(8-10-19)15-22-25(28)32-27(29-26(22)34)38-23(30-32)17-24(33)31-11-2-3-12-31/h4-10,15-16,28H,2-3,11-14,17H2,1H3/b22-15-,28-25?. The lowest BCUT2D eigenvalue weighted by atomic mass is 10.1. The molecule has 10 nitrogen and oxygen atoms in total. The van der Waals surface area contributed by atoms with Crippen molar-refractivity contribution < 1.29 is 23.8 Å². The van der Waals surface area contributed by atoms with Crippen LogP contribution in [0.2, 0.25) is 0 Å². The van der Waals surface area contributed by atoms with Gasteiger partial charge in [0.15, 0.2) is 5.84 Å². The molecule has 0 bridgehead atoms. The Morgan fingerprint density at radius 2 is 1.76 bits per heavy atom. The lowest BCUT2D eigenvalue weighted by molar-refractivity contribution is -0.128. The number of hydrogen-bond donors (Lipinski definition) is 1. The van der Waals surface area contributed by atoms with Crippen molar-refractivity contribution in [2.45, 2.75) is 19.3 Å². The summed E-state index contributed by atoms with van der Waals surface area (Å²) in [7, 11) is 1.61. The first-order chi connectivity index (χ1) is 18.5. The number of methoxy groups -OCH3 is 1. The number of nitrogens with zero attached hydrogens (tertiary/aromatic N) is 4. The maximum absolute atomic E-state index is 12.7. The number of nitrogens with one attached hydrogen (secondary N) is 1. The van der Waals surface area contributed by atoms with Gasteiger partial charge in [-0.2, -0.15) is 15.1 Å². The van der Waals surface area contributed by atoms with Crippen molar-refractivity contribution in [3.63, 3.8) is 0 Å². The van der Waals surface area contributed by atoms with Gasteiger partial charge in [-0.25, -0.2) is 0 Å². The first-order valence-electron chi connectivity index (χ1n) is 12.3. The van der Waals surface area contributed by atoms with E-state index >= 15 is 0 Å². The Balaban J connectivity index is 1.17. The molecule has 1 saturated heterocycles. The maximum atomic E-state index is 12.7. The van der Waals surface area contributed by atoms with Crippen molar-refractivity contribution in [3.05, 3.63) is 59.7 Å². The molecule has 2 aromatic carbocycles. The molecule has 0 unspecified atom stereocenters. The molecule has 3 heterocycles. The molecule has 11 heteroatoms. The van der Waals surface area contributed by atoms with Gasteiger partial charge in [0, 0.05) is 19.2 Å². The topological polar surface area (TPSA) is 117 Å². The normalized spacial score (nSPS) is 17.9. The van der Waals surface area contributed by atoms with Crippen molar-refractivity contribution >= 4 is 45.7 Å². The molecule has 1 fully saturated rings. The second-order valence-electron chi connectivity index (χ2n) is 8.72. The molecule has 0 spiro atoms. The molecular weight excluding hydrogens is 506 g/mol. The highest BCUT2D eigenvalue weighted by Crippen LogP contribution is 2.30. The number of fused-ring (bicyclic) bond motifs is 1. The van der Waals surface area contributed by atoms with Crippen LogP contribution < -0.4 is 14.2 Å². The number of benzene rings is 2. The van der Waals surface area contributed by atoms with Gasteiger partial charge in [0.05, 0.1) is 19.1 Å². The number of carbonyl (C=O) groups is 2. The van der Waals surface area contributed by atoms with E-state index in [1.807, 2.05) is 23.1 Å². The Morgan fingerprint density at radius 1 is 1.05 bits per heavy atom. The minimum absolute atomic E-state index is 0.0111. The van der Waals surface area contributed by atoms with Crippen LogP contribution in [0, 0.1) is 5.41 Å². The number of hydrogen-bond acceptors (Lipinski definition) is 8. The van der Waals surface area contributed by atoms with Crippen molar-refractivity contribution in [2.24, 2.45) is 10.1 Å². The molecule has 0 atom stereocenters. The fourth-order valence-corrected chi connectivity index (χ4v) is 5.02. The average molecular weight is 534 g/mol. The van der Waals surface area contributed by atoms with Crippen molar-refractivity contribution in [2.75, 3.05) is 33.4 Å². The fraction of sp³-hybridized carbons (Fsp3) is 0.296. The second-order valence-corrected chi connectivity index (χ2v) is 9.76. The van der Waals surface area contributed by atoms with Crippen LogP contribution in [0.4, 0.5) is 0 Å². The number of likely N-dealkylation sites (tertiary alicyclic amines) is 1. The maximum Gasteiger partial charge on any atom is 0.283 e. The Labute approximate surface area is 224 Å². The zero-order chi connectivity index (χ0) is 26.5. The summed E-state index contributed by atoms with van der Waals surface area (Å²) in [5, 5.41) is 15.1. The predicted octanol–water partition coefficient (Wildman–Crippen LogP) is 3.78. The van der Waals surface area contributed by atoms with Gasteiger partial charge in [-0.1, -0.05) is 18.2 Å². The molecule has 0 radical (unpaired) electrons. The smallest absolute Gasteiger partial charge is 0.283 e. The molecule has 1 N–H and O–H groups in total. The van der Waals surface area contributed by atoms with Crippen LogP contribution in [0.3, 0.4) is 0 Å². The van der Waals surface area contributed by atoms with E-state index < -0.39 is 5.91 Å². The number of ether oxygens (including phenoxy) is 3. The molecule has 0 aromatic heterocycles. The summed E-state index contributed by atoms with van der Waals surface area (Å²) in [6.07, 6.45) is 3.79. The third-order valence-corrected chi connectivity index (χ3v) is 7.02. The second kappa shape index (κ2) is 11.5. The van der Waals surface area contributed by atoms with Crippen LogP contribution in [0.5, 0.6) is 17.2 Å². The predicted molar refractivity (Wildman–Crippen MR) is 146 cm³/mol. The number of thioether (sulfide) groups is 1. The van der Waals surface area contributed by atoms with E-state index in [1.54, 1.807) is 43.5 Å². The van der Waals surface area contributed by atoms with Crippen LogP contribution in [-0.2, 0) is 9.59 Å². The molecule has 2 aromatic rings. The highest BCUT2D eigenvalue weighted by Gasteiger charge is 2.36. The lowest BCUT2D eigenvalue weighted by Crippen LogP contribution is -2.35. The van der Waals surface area contributed by atoms with Gasteiger partial charge in [0.1, 0.15) is 35.5 Å². The van der Waals surface area contributed by atoms with Crippen LogP contribution in [0.15, 0.2) is 64.2 Å². The van der Waals surface area contributed by atoms with Crippen LogP contribution in [-0.4, -0.2) is 71.2 Å². The van der Waals surface area contributed by atoms with Crippen molar-refractivity contribution in [3.8, 4) is 17.2 Å². The summed E-state index contributed by atoms with van der Waals surface area (Å²) in [5.41, 5.74) is 0.850. The van der Waals surface area contributed by atoms with E-state index in [2.05, 4.69) is 10.1 Å². The monoisotopic (exact) mass is 533 g/mol. The number of aliphatic imine (C=N–C) groups is 1. The SMILES string of the molecule is COc1cccc(OCCOc2ccc(/C=C3/C(=N)N4N=C(CC(=O)N5CCCC5)SC4=NC3=O)cc2)c1. The van der Waals surface area contributed by atoms with E-state index in [0.717, 1.165) is 37.2 Å². The summed E-state index contributed by atoms with van der Waals surface area (Å²) < 4.78 is 16.6. The van der Waals surface area contributed by atoms with Crippen molar-refractivity contribution in [1.29, 1.82) is 5.41 Å². The van der Waals surface area contributed by atoms with Gasteiger partial charge in [0.25, 0.3) is 5.91 Å². The molecular formula is C27H27N5O5S. The summed E-state index contributed by atoms with van der Waals surface area (Å²) in [4.78, 5) is 31.1. The van der Waals surface area contributed by atoms with Crippen molar-refractivity contribution in [1.82, 2.24) is 9.91 Å². The fourth-order valence-electron chi connectivity index (χ4n) is 4.15. The Kier molecular flexibility index (Phi) is 7.73. The highest BCUT2D eigenvalue weighted by atomic mass is 32.2. The first-order valence-corrected chi connectivity index (χ1v) is 13.1. The zero-order valence-corrected chi connectivity index (χ0v) is 21.7. The number of amidine groups is 2. The lowest BCUT2D eigenvalue weighted by Gasteiger charge is -2.20. The van der Waals surface area contributed by atoms with Crippen LogP contribution >= 0.6 is 11.8 Å². The Bertz CT molecular complexity index is 1330. The van der Waals surface area contributed by atoms with Gasteiger partial charge in [-0.15, -0.1) is 0 Å². The molecule has 196 valence electrons.